The van der Waals surface area contributed by atoms with E-state index in [0.29, 0.717) is 6.54 Å². The van der Waals surface area contributed by atoms with Crippen LogP contribution in [-0.4, -0.2) is 19.0 Å². The van der Waals surface area contributed by atoms with Gasteiger partial charge in [0.15, 0.2) is 0 Å². The summed E-state index contributed by atoms with van der Waals surface area (Å²) < 4.78 is 0. The second kappa shape index (κ2) is 17.4. The van der Waals surface area contributed by atoms with Crippen LogP contribution in [0.25, 0.3) is 43.9 Å². The first-order valence-corrected chi connectivity index (χ1v) is 20.3. The number of hydrogen-bond donors (Lipinski definition) is 1. The van der Waals surface area contributed by atoms with Crippen molar-refractivity contribution < 1.29 is 4.79 Å². The number of carbonyl (C=O) groups excluding carboxylic acids is 1. The third-order valence-corrected chi connectivity index (χ3v) is 14.2. The van der Waals surface area contributed by atoms with Crippen molar-refractivity contribution in [1.29, 1.82) is 0 Å². The number of hydrogen-bond acceptors (Lipinski definition) is 6. The van der Waals surface area contributed by atoms with Crippen LogP contribution in [-0.2, 0) is 24.1 Å². The van der Waals surface area contributed by atoms with E-state index in [2.05, 4.69) is 78.6 Å². The molecule has 0 atom stereocenters. The molecule has 0 aliphatic heterocycles. The Morgan fingerprint density at radius 1 is 0.622 bits per heavy atom. The highest BCUT2D eigenvalue weighted by molar-refractivity contribution is 7.29. The number of carbonyl (C=O) groups is 1. The molecule has 5 aromatic rings. The molecule has 236 valence electrons. The summed E-state index contributed by atoms with van der Waals surface area (Å²) in [5, 5.41) is 2.83. The second-order valence-corrected chi connectivity index (χ2v) is 16.9. The number of rotatable bonds is 18. The summed E-state index contributed by atoms with van der Waals surface area (Å²) in [6.45, 7) is 11.9. The van der Waals surface area contributed by atoms with Gasteiger partial charge in [-0.3, -0.25) is 4.79 Å². The van der Waals surface area contributed by atoms with E-state index in [0.717, 1.165) is 12.8 Å². The van der Waals surface area contributed by atoms with E-state index < -0.39 is 0 Å². The van der Waals surface area contributed by atoms with Crippen LogP contribution in [0.15, 0.2) is 54.6 Å². The van der Waals surface area contributed by atoms with Crippen LogP contribution in [0.2, 0.25) is 0 Å². The Labute approximate surface area is 288 Å². The minimum Gasteiger partial charge on any atom is -0.349 e. The fourth-order valence-electron chi connectivity index (χ4n) is 5.35. The van der Waals surface area contributed by atoms with Gasteiger partial charge in [-0.05, 0) is 92.3 Å². The van der Waals surface area contributed by atoms with Crippen molar-refractivity contribution in [1.82, 2.24) is 5.32 Å². The molecule has 0 spiro atoms. The third kappa shape index (κ3) is 9.49. The molecule has 0 unspecified atom stereocenters. The number of nitrogens with zero attached hydrogens (tertiary/aromatic N) is 1. The maximum atomic E-state index is 11.6. The fraction of sp³-hybridized carbons (Fsp3) is 0.405. The number of unbranched alkanes of at least 4 members (excludes halogenated alkanes) is 6. The van der Waals surface area contributed by atoms with Crippen LogP contribution in [0.5, 0.6) is 0 Å². The van der Waals surface area contributed by atoms with Gasteiger partial charge in [-0.15, -0.1) is 56.7 Å². The van der Waals surface area contributed by atoms with Gasteiger partial charge < -0.3 is 10.2 Å². The van der Waals surface area contributed by atoms with Crippen molar-refractivity contribution in [3.05, 3.63) is 81.3 Å². The maximum absolute atomic E-state index is 11.6. The highest BCUT2D eigenvalue weighted by atomic mass is 32.1. The van der Waals surface area contributed by atoms with Gasteiger partial charge in [0.2, 0.25) is 0 Å². The van der Waals surface area contributed by atoms with E-state index in [1.807, 2.05) is 45.3 Å². The summed E-state index contributed by atoms with van der Waals surface area (Å²) in [6, 6.07) is 20.7. The summed E-state index contributed by atoms with van der Waals surface area (Å²) in [5.41, 5.74) is 1.51. The normalized spacial score (nSPS) is 11.2. The van der Waals surface area contributed by atoms with Crippen molar-refractivity contribution in [3.63, 3.8) is 0 Å². The lowest BCUT2D eigenvalue weighted by molar-refractivity contribution is -0.119. The molecule has 1 N–H and O–H groups in total. The molecule has 3 nitrogen and oxygen atoms in total. The van der Waals surface area contributed by atoms with Crippen molar-refractivity contribution in [2.24, 2.45) is 0 Å². The first kappa shape index (κ1) is 33.8. The number of aryl methyl sites for hydroxylation is 2. The molecule has 0 fully saturated rings. The van der Waals surface area contributed by atoms with Gasteiger partial charge >= 0.3 is 0 Å². The van der Waals surface area contributed by atoms with Crippen LogP contribution in [0.4, 0.5) is 0 Å². The number of amides is 1. The summed E-state index contributed by atoms with van der Waals surface area (Å²) in [6.07, 6.45) is 13.6. The van der Waals surface area contributed by atoms with Crippen LogP contribution < -0.4 is 5.32 Å². The molecular formula is C37H42N2OS5. The van der Waals surface area contributed by atoms with Gasteiger partial charge in [-0.25, -0.2) is 6.57 Å². The number of nitrogens with one attached hydrogen (secondary N) is 1. The molecule has 5 rings (SSSR count). The molecule has 0 aliphatic carbocycles. The predicted octanol–water partition coefficient (Wildman–Crippen LogP) is 12.5. The molecule has 5 aromatic heterocycles. The lowest BCUT2D eigenvalue weighted by Gasteiger charge is -2.02. The highest BCUT2D eigenvalue weighted by Gasteiger charge is 2.17. The number of thiophene rings is 5. The minimum absolute atomic E-state index is 0.0965. The van der Waals surface area contributed by atoms with Crippen LogP contribution in [0.1, 0.15) is 80.5 Å². The SMILES string of the molecule is [C-]#[N+]CC(=O)NCCc1ccc(-c2ccc(-c3ccc(-c4sc(-c5ccc(CCCCCC)s5)cc4CCCCCC)s3)s2)s1. The van der Waals surface area contributed by atoms with E-state index in [1.165, 1.54) is 112 Å². The molecule has 0 bridgehead atoms. The first-order chi connectivity index (χ1) is 22.1. The van der Waals surface area contributed by atoms with E-state index in [4.69, 9.17) is 6.57 Å². The van der Waals surface area contributed by atoms with Crippen molar-refractivity contribution in [2.75, 3.05) is 13.1 Å². The Morgan fingerprint density at radius 3 is 1.80 bits per heavy atom. The summed E-state index contributed by atoms with van der Waals surface area (Å²) >= 11 is 9.55. The van der Waals surface area contributed by atoms with E-state index in [-0.39, 0.29) is 12.5 Å². The maximum Gasteiger partial charge on any atom is 0.300 e. The van der Waals surface area contributed by atoms with Gasteiger partial charge in [0, 0.05) is 55.3 Å². The largest absolute Gasteiger partial charge is 0.349 e. The summed E-state index contributed by atoms with van der Waals surface area (Å²) in [7, 11) is 0. The van der Waals surface area contributed by atoms with Gasteiger partial charge in [0.1, 0.15) is 0 Å². The summed E-state index contributed by atoms with van der Waals surface area (Å²) in [4.78, 5) is 28.4. The quantitative estimate of drug-likeness (QED) is 0.0720. The molecule has 8 heteroatoms. The van der Waals surface area contributed by atoms with Gasteiger partial charge in [-0.1, -0.05) is 52.4 Å². The zero-order valence-corrected chi connectivity index (χ0v) is 30.4. The predicted molar refractivity (Wildman–Crippen MR) is 201 cm³/mol. The summed E-state index contributed by atoms with van der Waals surface area (Å²) in [5.74, 6) is -0.198. The topological polar surface area (TPSA) is 33.5 Å². The Bertz CT molecular complexity index is 1690. The molecule has 5 heterocycles. The first-order valence-electron chi connectivity index (χ1n) is 16.2. The molecular weight excluding hydrogens is 649 g/mol. The van der Waals surface area contributed by atoms with Crippen LogP contribution in [0.3, 0.4) is 0 Å². The molecule has 45 heavy (non-hydrogen) atoms. The molecule has 0 saturated carbocycles. The van der Waals surface area contributed by atoms with Crippen LogP contribution >= 0.6 is 56.7 Å². The Kier molecular flexibility index (Phi) is 13.1. The molecule has 0 aliphatic rings. The lowest BCUT2D eigenvalue weighted by Crippen LogP contribution is -2.26. The average Bonchev–Trinajstić information content (AvgIpc) is 3.87. The molecule has 0 radical (unpaired) electrons. The molecule has 0 aromatic carbocycles. The Hall–Kier alpha value is -2.54. The zero-order valence-electron chi connectivity index (χ0n) is 26.3. The monoisotopic (exact) mass is 690 g/mol. The fourth-order valence-corrected chi connectivity index (χ4v) is 11.0. The van der Waals surface area contributed by atoms with Crippen molar-refractivity contribution in [2.45, 2.75) is 84.5 Å². The van der Waals surface area contributed by atoms with E-state index in [9.17, 15) is 4.79 Å². The van der Waals surface area contributed by atoms with Crippen molar-refractivity contribution >= 4 is 62.6 Å². The smallest absolute Gasteiger partial charge is 0.300 e. The van der Waals surface area contributed by atoms with E-state index >= 15 is 0 Å². The van der Waals surface area contributed by atoms with Gasteiger partial charge in [0.25, 0.3) is 12.5 Å². The molecule has 0 saturated heterocycles. The third-order valence-electron chi connectivity index (χ3n) is 7.79. The van der Waals surface area contributed by atoms with Crippen LogP contribution in [0, 0.1) is 6.57 Å². The Morgan fingerprint density at radius 2 is 1.16 bits per heavy atom. The van der Waals surface area contributed by atoms with E-state index in [1.54, 1.807) is 11.3 Å². The molecule has 1 amide bonds. The van der Waals surface area contributed by atoms with Gasteiger partial charge in [0.05, 0.1) is 0 Å². The van der Waals surface area contributed by atoms with Crippen molar-refractivity contribution in [3.8, 4) is 39.0 Å². The highest BCUT2D eigenvalue weighted by Crippen LogP contribution is 2.46. The Balaban J connectivity index is 1.29. The van der Waals surface area contributed by atoms with Gasteiger partial charge in [-0.2, -0.15) is 0 Å². The standard InChI is InChI=1S/C37H42N2OS5/c1-4-6-8-10-12-26-24-35(33-17-14-27(41-33)13-11-9-7-5-2)45-37(26)34-21-20-32(44-34)31-19-18-30(43-31)29-16-15-28(42-29)22-23-39-36(40)25-38-3/h14-21,24H,4-13,22-23,25H2,1-2H3,(H,39,40). The lowest BCUT2D eigenvalue weighted by atomic mass is 10.1. The minimum atomic E-state index is -0.198. The average molecular weight is 691 g/mol. The zero-order chi connectivity index (χ0) is 31.4. The second-order valence-electron chi connectivity index (χ2n) is 11.4.